The Balaban J connectivity index is 1.80. The zero-order chi connectivity index (χ0) is 12.3. The van der Waals surface area contributed by atoms with Gasteiger partial charge in [-0.05, 0) is 32.1 Å². The minimum atomic E-state index is -0.170. The summed E-state index contributed by atoms with van der Waals surface area (Å²) in [7, 11) is 0. The van der Waals surface area contributed by atoms with Crippen LogP contribution in [0.3, 0.4) is 0 Å². The van der Waals surface area contributed by atoms with Gasteiger partial charge in [-0.25, -0.2) is 0 Å². The first kappa shape index (κ1) is 12.9. The van der Waals surface area contributed by atoms with E-state index in [1.54, 1.807) is 0 Å². The number of hydrogen-bond acceptors (Lipinski definition) is 2. The van der Waals surface area contributed by atoms with Gasteiger partial charge in [-0.15, -0.1) is 0 Å². The molecule has 2 heterocycles. The third-order valence-electron chi connectivity index (χ3n) is 4.24. The molecule has 2 aliphatic rings. The van der Waals surface area contributed by atoms with Gasteiger partial charge in [0.15, 0.2) is 0 Å². The van der Waals surface area contributed by atoms with Crippen LogP contribution >= 0.6 is 0 Å². The molecule has 98 valence electrons. The first-order valence-electron chi connectivity index (χ1n) is 7.21. The molecular formula is C14H25NO2. The number of nitrogens with zero attached hydrogens (tertiary/aromatic N) is 1. The van der Waals surface area contributed by atoms with Crippen molar-refractivity contribution in [3.63, 3.8) is 0 Å². The zero-order valence-electron chi connectivity index (χ0n) is 10.9. The molecular weight excluding hydrogens is 214 g/mol. The molecule has 0 saturated carbocycles. The van der Waals surface area contributed by atoms with Crippen LogP contribution in [-0.4, -0.2) is 34.1 Å². The minimum absolute atomic E-state index is 0.170. The molecule has 0 aromatic heterocycles. The highest BCUT2D eigenvalue weighted by atomic mass is 16.3. The van der Waals surface area contributed by atoms with Crippen LogP contribution < -0.4 is 0 Å². The monoisotopic (exact) mass is 239 g/mol. The first-order chi connectivity index (χ1) is 8.22. The molecule has 1 amide bonds. The predicted octanol–water partition coefficient (Wildman–Crippen LogP) is 2.47. The van der Waals surface area contributed by atoms with Crippen LogP contribution in [0.4, 0.5) is 0 Å². The number of carbonyl (C=O) groups excluding carboxylic acids is 1. The fraction of sp³-hybridized carbons (Fsp3) is 0.929. The lowest BCUT2D eigenvalue weighted by molar-refractivity contribution is -0.137. The van der Waals surface area contributed by atoms with Crippen molar-refractivity contribution in [3.8, 4) is 0 Å². The molecule has 2 rings (SSSR count). The Labute approximate surface area is 104 Å². The molecule has 2 fully saturated rings. The van der Waals surface area contributed by atoms with Gasteiger partial charge >= 0.3 is 0 Å². The summed E-state index contributed by atoms with van der Waals surface area (Å²) in [6.45, 7) is 2.19. The molecule has 2 aliphatic heterocycles. The SMILES string of the molecule is CCCCCCC(=O)N1C2CCC1CC(O)C2. The van der Waals surface area contributed by atoms with Crippen molar-refractivity contribution in [1.29, 1.82) is 0 Å². The molecule has 0 radical (unpaired) electrons. The van der Waals surface area contributed by atoms with Gasteiger partial charge in [0.05, 0.1) is 6.10 Å². The summed E-state index contributed by atoms with van der Waals surface area (Å²) in [5.41, 5.74) is 0. The summed E-state index contributed by atoms with van der Waals surface area (Å²) in [6, 6.07) is 0.671. The van der Waals surface area contributed by atoms with Gasteiger partial charge in [-0.1, -0.05) is 26.2 Å². The lowest BCUT2D eigenvalue weighted by Crippen LogP contribution is -2.47. The van der Waals surface area contributed by atoms with Crippen LogP contribution in [0.5, 0.6) is 0 Å². The second kappa shape index (κ2) is 5.85. The number of hydrogen-bond donors (Lipinski definition) is 1. The summed E-state index contributed by atoms with van der Waals surface area (Å²) in [4.78, 5) is 14.3. The van der Waals surface area contributed by atoms with Gasteiger partial charge in [0.25, 0.3) is 0 Å². The van der Waals surface area contributed by atoms with E-state index in [1.165, 1.54) is 19.3 Å². The maximum Gasteiger partial charge on any atom is 0.223 e. The van der Waals surface area contributed by atoms with Crippen molar-refractivity contribution in [2.45, 2.75) is 82.9 Å². The third-order valence-corrected chi connectivity index (χ3v) is 4.24. The van der Waals surface area contributed by atoms with E-state index in [1.807, 2.05) is 0 Å². The molecule has 3 nitrogen and oxygen atoms in total. The van der Waals surface area contributed by atoms with E-state index in [2.05, 4.69) is 11.8 Å². The summed E-state index contributed by atoms with van der Waals surface area (Å²) in [5.74, 6) is 0.334. The van der Waals surface area contributed by atoms with Gasteiger partial charge in [-0.3, -0.25) is 4.79 Å². The molecule has 0 aromatic carbocycles. The van der Waals surface area contributed by atoms with Crippen LogP contribution in [0.15, 0.2) is 0 Å². The Kier molecular flexibility index (Phi) is 4.43. The highest BCUT2D eigenvalue weighted by molar-refractivity contribution is 5.77. The van der Waals surface area contributed by atoms with E-state index >= 15 is 0 Å². The van der Waals surface area contributed by atoms with Gasteiger partial charge in [0.1, 0.15) is 0 Å². The normalized spacial score (nSPS) is 31.9. The Hall–Kier alpha value is -0.570. The Morgan fingerprint density at radius 1 is 1.18 bits per heavy atom. The second-order valence-corrected chi connectivity index (χ2v) is 5.62. The van der Waals surface area contributed by atoms with E-state index in [4.69, 9.17) is 0 Å². The van der Waals surface area contributed by atoms with Crippen LogP contribution in [0.25, 0.3) is 0 Å². The molecule has 0 spiro atoms. The summed E-state index contributed by atoms with van der Waals surface area (Å²) < 4.78 is 0. The van der Waals surface area contributed by atoms with Crippen molar-refractivity contribution < 1.29 is 9.90 Å². The van der Waals surface area contributed by atoms with Crippen LogP contribution in [0, 0.1) is 0 Å². The molecule has 2 unspecified atom stereocenters. The minimum Gasteiger partial charge on any atom is -0.393 e. The third kappa shape index (κ3) is 3.01. The highest BCUT2D eigenvalue weighted by Crippen LogP contribution is 2.36. The average Bonchev–Trinajstić information content (AvgIpc) is 2.57. The Morgan fingerprint density at radius 2 is 1.82 bits per heavy atom. The lowest BCUT2D eigenvalue weighted by atomic mass is 9.99. The topological polar surface area (TPSA) is 40.5 Å². The van der Waals surface area contributed by atoms with E-state index in [0.717, 1.165) is 32.1 Å². The molecule has 0 aliphatic carbocycles. The molecule has 1 N–H and O–H groups in total. The van der Waals surface area contributed by atoms with Crippen molar-refractivity contribution in [2.24, 2.45) is 0 Å². The lowest BCUT2D eigenvalue weighted by Gasteiger charge is -2.37. The van der Waals surface area contributed by atoms with E-state index in [0.29, 0.717) is 24.4 Å². The first-order valence-corrected chi connectivity index (χ1v) is 7.21. The molecule has 2 saturated heterocycles. The molecule has 3 heteroatoms. The quantitative estimate of drug-likeness (QED) is 0.749. The summed E-state index contributed by atoms with van der Waals surface area (Å²) in [6.07, 6.45) is 9.01. The summed E-state index contributed by atoms with van der Waals surface area (Å²) >= 11 is 0. The largest absolute Gasteiger partial charge is 0.393 e. The van der Waals surface area contributed by atoms with E-state index < -0.39 is 0 Å². The fourth-order valence-corrected chi connectivity index (χ4v) is 3.39. The van der Waals surface area contributed by atoms with Crippen molar-refractivity contribution in [3.05, 3.63) is 0 Å². The van der Waals surface area contributed by atoms with E-state index in [9.17, 15) is 9.90 Å². The number of unbranched alkanes of at least 4 members (excludes halogenated alkanes) is 3. The van der Waals surface area contributed by atoms with Crippen LogP contribution in [0.2, 0.25) is 0 Å². The van der Waals surface area contributed by atoms with Gasteiger partial charge in [0, 0.05) is 18.5 Å². The number of fused-ring (bicyclic) bond motifs is 2. The average molecular weight is 239 g/mol. The maximum absolute atomic E-state index is 12.2. The van der Waals surface area contributed by atoms with Crippen molar-refractivity contribution in [1.82, 2.24) is 4.90 Å². The standard InChI is InChI=1S/C14H25NO2/c1-2-3-4-5-6-14(17)15-11-7-8-12(15)10-13(16)9-11/h11-13,16H,2-10H2,1H3. The molecule has 17 heavy (non-hydrogen) atoms. The van der Waals surface area contributed by atoms with Gasteiger partial charge in [-0.2, -0.15) is 0 Å². The Bertz CT molecular complexity index is 253. The molecule has 2 bridgehead atoms. The fourth-order valence-electron chi connectivity index (χ4n) is 3.39. The number of carbonyl (C=O) groups is 1. The van der Waals surface area contributed by atoms with E-state index in [-0.39, 0.29) is 6.10 Å². The number of aliphatic hydroxyl groups excluding tert-OH is 1. The Morgan fingerprint density at radius 3 is 2.41 bits per heavy atom. The van der Waals surface area contributed by atoms with Crippen LogP contribution in [0.1, 0.15) is 64.7 Å². The predicted molar refractivity (Wildman–Crippen MR) is 67.7 cm³/mol. The summed E-state index contributed by atoms with van der Waals surface area (Å²) in [5, 5.41) is 9.70. The molecule has 2 atom stereocenters. The number of rotatable bonds is 5. The van der Waals surface area contributed by atoms with Crippen LogP contribution in [-0.2, 0) is 4.79 Å². The zero-order valence-corrected chi connectivity index (χ0v) is 10.9. The number of piperidine rings is 1. The van der Waals surface area contributed by atoms with Crippen molar-refractivity contribution >= 4 is 5.91 Å². The second-order valence-electron chi connectivity index (χ2n) is 5.62. The maximum atomic E-state index is 12.2. The number of amides is 1. The van der Waals surface area contributed by atoms with Gasteiger partial charge in [0.2, 0.25) is 5.91 Å². The van der Waals surface area contributed by atoms with Crippen molar-refractivity contribution in [2.75, 3.05) is 0 Å². The molecule has 0 aromatic rings. The van der Waals surface area contributed by atoms with Gasteiger partial charge < -0.3 is 10.0 Å². The smallest absolute Gasteiger partial charge is 0.223 e. The number of aliphatic hydroxyl groups is 1. The highest BCUT2D eigenvalue weighted by Gasteiger charge is 2.42.